The molecule has 1 aromatic heterocycles. The Bertz CT molecular complexity index is 641. The van der Waals surface area contributed by atoms with Crippen LogP contribution in [0.15, 0.2) is 18.2 Å². The number of aromatic nitrogens is 1. The van der Waals surface area contributed by atoms with Gasteiger partial charge in [-0.1, -0.05) is 18.2 Å². The number of aryl methyl sites for hydroxylation is 2. The van der Waals surface area contributed by atoms with E-state index in [1.165, 1.54) is 60.1 Å². The van der Waals surface area contributed by atoms with Crippen molar-refractivity contribution in [2.24, 2.45) is 0 Å². The topological polar surface area (TPSA) is 22.3 Å². The maximum atomic E-state index is 3.59. The molecule has 3 nitrogen and oxygen atoms in total. The molecular formula is C19H29N3. The van der Waals surface area contributed by atoms with Crippen molar-refractivity contribution in [3.63, 3.8) is 0 Å². The van der Waals surface area contributed by atoms with Crippen molar-refractivity contribution in [2.45, 2.75) is 45.7 Å². The van der Waals surface area contributed by atoms with Crippen LogP contribution in [0.25, 0.3) is 10.9 Å². The van der Waals surface area contributed by atoms with E-state index in [-0.39, 0.29) is 0 Å². The second-order valence-corrected chi connectivity index (χ2v) is 7.04. The highest BCUT2D eigenvalue weighted by molar-refractivity contribution is 5.87. The number of hydrogen-bond acceptors (Lipinski definition) is 2. The molecule has 1 saturated heterocycles. The molecule has 3 rings (SSSR count). The van der Waals surface area contributed by atoms with Crippen LogP contribution in [0.2, 0.25) is 0 Å². The van der Waals surface area contributed by atoms with Gasteiger partial charge in [0.2, 0.25) is 0 Å². The number of H-pyrrole nitrogens is 1. The molecule has 1 N–H and O–H groups in total. The van der Waals surface area contributed by atoms with Crippen molar-refractivity contribution in [3.05, 3.63) is 35.0 Å². The lowest BCUT2D eigenvalue weighted by molar-refractivity contribution is 0.246. The van der Waals surface area contributed by atoms with Gasteiger partial charge < -0.3 is 9.88 Å². The second-order valence-electron chi connectivity index (χ2n) is 7.04. The fourth-order valence-electron chi connectivity index (χ4n) is 3.73. The fourth-order valence-corrected chi connectivity index (χ4v) is 3.73. The summed E-state index contributed by atoms with van der Waals surface area (Å²) in [6.45, 7) is 7.88. The zero-order valence-corrected chi connectivity index (χ0v) is 14.4. The summed E-state index contributed by atoms with van der Waals surface area (Å²) in [5, 5.41) is 1.39. The van der Waals surface area contributed by atoms with E-state index >= 15 is 0 Å². The van der Waals surface area contributed by atoms with Crippen molar-refractivity contribution in [1.29, 1.82) is 0 Å². The van der Waals surface area contributed by atoms with E-state index in [1.54, 1.807) is 0 Å². The number of rotatable bonds is 3. The third kappa shape index (κ3) is 3.06. The minimum Gasteiger partial charge on any atom is -0.358 e. The van der Waals surface area contributed by atoms with Crippen molar-refractivity contribution >= 4 is 10.9 Å². The van der Waals surface area contributed by atoms with Gasteiger partial charge in [-0.05, 0) is 71.4 Å². The van der Waals surface area contributed by atoms with Crippen LogP contribution in [0.4, 0.5) is 0 Å². The van der Waals surface area contributed by atoms with Crippen LogP contribution in [-0.2, 0) is 6.54 Å². The first-order valence-electron chi connectivity index (χ1n) is 8.52. The van der Waals surface area contributed by atoms with Gasteiger partial charge in [-0.3, -0.25) is 4.90 Å². The molecule has 1 unspecified atom stereocenters. The Morgan fingerprint density at radius 3 is 2.77 bits per heavy atom. The summed E-state index contributed by atoms with van der Waals surface area (Å²) in [6, 6.07) is 7.47. The largest absolute Gasteiger partial charge is 0.358 e. The van der Waals surface area contributed by atoms with Crippen LogP contribution in [0.1, 0.15) is 36.1 Å². The van der Waals surface area contributed by atoms with Gasteiger partial charge >= 0.3 is 0 Å². The molecule has 1 atom stereocenters. The molecule has 1 fully saturated rings. The Morgan fingerprint density at radius 2 is 2.00 bits per heavy atom. The van der Waals surface area contributed by atoms with Gasteiger partial charge in [0.15, 0.2) is 0 Å². The third-order valence-electron chi connectivity index (χ3n) is 5.34. The fraction of sp³-hybridized carbons (Fsp3) is 0.579. The zero-order chi connectivity index (χ0) is 15.7. The normalized spacial score (nSPS) is 20.7. The molecular weight excluding hydrogens is 270 g/mol. The summed E-state index contributed by atoms with van der Waals surface area (Å²) in [5.41, 5.74) is 5.47. The highest BCUT2D eigenvalue weighted by Gasteiger charge is 2.19. The van der Waals surface area contributed by atoms with Crippen LogP contribution < -0.4 is 0 Å². The van der Waals surface area contributed by atoms with Gasteiger partial charge in [0.1, 0.15) is 0 Å². The number of likely N-dealkylation sites (tertiary alicyclic amines) is 1. The Morgan fingerprint density at radius 1 is 1.18 bits per heavy atom. The molecule has 0 aliphatic carbocycles. The van der Waals surface area contributed by atoms with E-state index in [0.29, 0.717) is 0 Å². The monoisotopic (exact) mass is 299 g/mol. The first-order valence-corrected chi connectivity index (χ1v) is 8.52. The number of nitrogens with zero attached hydrogens (tertiary/aromatic N) is 2. The van der Waals surface area contributed by atoms with Crippen LogP contribution in [0.5, 0.6) is 0 Å². The molecule has 22 heavy (non-hydrogen) atoms. The van der Waals surface area contributed by atoms with Gasteiger partial charge in [0, 0.05) is 23.7 Å². The summed E-state index contributed by atoms with van der Waals surface area (Å²) in [6.07, 6.45) is 3.92. The molecule has 0 radical (unpaired) electrons. The van der Waals surface area contributed by atoms with E-state index < -0.39 is 0 Å². The predicted octanol–water partition coefficient (Wildman–Crippen LogP) is 3.70. The van der Waals surface area contributed by atoms with Gasteiger partial charge in [-0.25, -0.2) is 0 Å². The summed E-state index contributed by atoms with van der Waals surface area (Å²) in [5.74, 6) is 0. The second kappa shape index (κ2) is 6.43. The van der Waals surface area contributed by atoms with Crippen LogP contribution in [-0.4, -0.2) is 48.0 Å². The smallest absolute Gasteiger partial charge is 0.0504 e. The average Bonchev–Trinajstić information content (AvgIpc) is 2.67. The molecule has 2 heterocycles. The summed E-state index contributed by atoms with van der Waals surface area (Å²) < 4.78 is 0. The minimum absolute atomic E-state index is 0.746. The van der Waals surface area contributed by atoms with Crippen molar-refractivity contribution in [3.8, 4) is 0 Å². The number of fused-ring (bicyclic) bond motifs is 1. The van der Waals surface area contributed by atoms with Crippen molar-refractivity contribution < 1.29 is 0 Å². The summed E-state index contributed by atoms with van der Waals surface area (Å²) in [4.78, 5) is 8.61. The van der Waals surface area contributed by atoms with Crippen LogP contribution in [0, 0.1) is 13.8 Å². The maximum Gasteiger partial charge on any atom is 0.0504 e. The Kier molecular flexibility index (Phi) is 4.55. The molecule has 1 aromatic carbocycles. The lowest BCUT2D eigenvalue weighted by Gasteiger charge is -2.23. The van der Waals surface area contributed by atoms with Crippen molar-refractivity contribution in [2.75, 3.05) is 27.2 Å². The number of hydrogen-bond donors (Lipinski definition) is 1. The number of nitrogens with one attached hydrogen (secondary N) is 1. The SMILES string of the molecule is Cc1[nH]c2c(CN3CCCC(N(C)C)CC3)cccc2c1C. The van der Waals surface area contributed by atoms with Crippen molar-refractivity contribution in [1.82, 2.24) is 14.8 Å². The van der Waals surface area contributed by atoms with E-state index in [2.05, 4.69) is 60.9 Å². The predicted molar refractivity (Wildman–Crippen MR) is 94.4 cm³/mol. The number of aromatic amines is 1. The molecule has 1 aliphatic rings. The number of benzene rings is 1. The highest BCUT2D eigenvalue weighted by atomic mass is 15.2. The summed E-state index contributed by atoms with van der Waals surface area (Å²) in [7, 11) is 4.43. The molecule has 0 amide bonds. The molecule has 120 valence electrons. The Hall–Kier alpha value is -1.32. The third-order valence-corrected chi connectivity index (χ3v) is 5.34. The molecule has 3 heteroatoms. The Labute approximate surface area is 134 Å². The first-order chi connectivity index (χ1) is 10.6. The van der Waals surface area contributed by atoms with E-state index in [1.807, 2.05) is 0 Å². The van der Waals surface area contributed by atoms with Crippen LogP contribution >= 0.6 is 0 Å². The molecule has 0 spiro atoms. The van der Waals surface area contributed by atoms with E-state index in [9.17, 15) is 0 Å². The first kappa shape index (κ1) is 15.6. The van der Waals surface area contributed by atoms with Gasteiger partial charge in [-0.2, -0.15) is 0 Å². The lowest BCUT2D eigenvalue weighted by atomic mass is 10.1. The maximum absolute atomic E-state index is 3.59. The highest BCUT2D eigenvalue weighted by Crippen LogP contribution is 2.26. The molecule has 0 bridgehead atoms. The quantitative estimate of drug-likeness (QED) is 0.933. The average molecular weight is 299 g/mol. The van der Waals surface area contributed by atoms with E-state index in [4.69, 9.17) is 0 Å². The van der Waals surface area contributed by atoms with Crippen LogP contribution in [0.3, 0.4) is 0 Å². The van der Waals surface area contributed by atoms with Gasteiger partial charge in [-0.15, -0.1) is 0 Å². The van der Waals surface area contributed by atoms with Gasteiger partial charge in [0.25, 0.3) is 0 Å². The van der Waals surface area contributed by atoms with Gasteiger partial charge in [0.05, 0.1) is 5.52 Å². The molecule has 1 aliphatic heterocycles. The Balaban J connectivity index is 1.77. The van der Waals surface area contributed by atoms with E-state index in [0.717, 1.165) is 12.6 Å². The standard InChI is InChI=1S/C19H29N3/c1-14-15(2)20-19-16(7-5-9-18(14)19)13-22-11-6-8-17(10-12-22)21(3)4/h5,7,9,17,20H,6,8,10-13H2,1-4H3. The number of para-hydroxylation sites is 1. The lowest BCUT2D eigenvalue weighted by Crippen LogP contribution is -2.30. The minimum atomic E-state index is 0.746. The molecule has 0 saturated carbocycles. The zero-order valence-electron chi connectivity index (χ0n) is 14.4. The molecule has 2 aromatic rings. The summed E-state index contributed by atoms with van der Waals surface area (Å²) >= 11 is 0.